The lowest BCUT2D eigenvalue weighted by Gasteiger charge is -2.11. The van der Waals surface area contributed by atoms with Crippen molar-refractivity contribution < 1.29 is 14.6 Å². The molecule has 0 unspecified atom stereocenters. The van der Waals surface area contributed by atoms with Crippen molar-refractivity contribution in [2.45, 2.75) is 13.0 Å². The number of aliphatic carboxylic acids is 1. The van der Waals surface area contributed by atoms with E-state index in [0.29, 0.717) is 10.8 Å². The molecule has 0 aliphatic rings. The van der Waals surface area contributed by atoms with Crippen molar-refractivity contribution in [3.63, 3.8) is 0 Å². The van der Waals surface area contributed by atoms with E-state index in [1.807, 2.05) is 6.92 Å². The van der Waals surface area contributed by atoms with Crippen LogP contribution in [0.4, 0.5) is 0 Å². The van der Waals surface area contributed by atoms with Crippen LogP contribution in [0.5, 0.6) is 5.75 Å². The molecule has 1 atom stereocenters. The summed E-state index contributed by atoms with van der Waals surface area (Å²) in [6.45, 7) is 1.77. The molecule has 0 aromatic heterocycles. The average molecular weight is 230 g/mol. The highest BCUT2D eigenvalue weighted by Crippen LogP contribution is 2.21. The molecule has 0 aliphatic heterocycles. The zero-order valence-corrected chi connectivity index (χ0v) is 8.99. The molecule has 5 heteroatoms. The molecule has 0 saturated carbocycles. The molecule has 0 amide bonds. The Hall–Kier alpha value is -1.26. The van der Waals surface area contributed by atoms with Gasteiger partial charge in [-0.25, -0.2) is 0 Å². The molecular weight excluding hydrogens is 218 g/mol. The lowest BCUT2D eigenvalue weighted by Crippen LogP contribution is -2.36. The number of benzene rings is 1. The fourth-order valence-corrected chi connectivity index (χ4v) is 1.25. The maximum Gasteiger partial charge on any atom is 0.324 e. The molecule has 0 spiro atoms. The molecule has 1 aromatic carbocycles. The molecule has 0 aliphatic carbocycles. The fourth-order valence-electron chi connectivity index (χ4n) is 1.03. The summed E-state index contributed by atoms with van der Waals surface area (Å²) in [4.78, 5) is 10.4. The van der Waals surface area contributed by atoms with E-state index in [9.17, 15) is 4.79 Å². The van der Waals surface area contributed by atoms with E-state index in [2.05, 4.69) is 0 Å². The number of carboxylic acid groups (broad SMARTS) is 1. The highest BCUT2D eigenvalue weighted by atomic mass is 35.5. The predicted molar refractivity (Wildman–Crippen MR) is 57.3 cm³/mol. The van der Waals surface area contributed by atoms with Crippen LogP contribution in [0.25, 0.3) is 0 Å². The second-order valence-corrected chi connectivity index (χ2v) is 3.60. The Labute approximate surface area is 92.6 Å². The Morgan fingerprint density at radius 3 is 2.87 bits per heavy atom. The van der Waals surface area contributed by atoms with Crippen LogP contribution in [0.1, 0.15) is 5.56 Å². The summed E-state index contributed by atoms with van der Waals surface area (Å²) >= 11 is 5.76. The number of hydrogen-bond donors (Lipinski definition) is 2. The summed E-state index contributed by atoms with van der Waals surface area (Å²) in [6, 6.07) is 4.09. The summed E-state index contributed by atoms with van der Waals surface area (Å²) in [5.41, 5.74) is 6.14. The molecule has 1 rings (SSSR count). The zero-order chi connectivity index (χ0) is 11.4. The van der Waals surface area contributed by atoms with Crippen molar-refractivity contribution in [3.8, 4) is 5.75 Å². The second-order valence-electron chi connectivity index (χ2n) is 3.17. The summed E-state index contributed by atoms with van der Waals surface area (Å²) < 4.78 is 5.25. The van der Waals surface area contributed by atoms with Crippen molar-refractivity contribution in [1.82, 2.24) is 0 Å². The van der Waals surface area contributed by atoms with Gasteiger partial charge >= 0.3 is 5.97 Å². The van der Waals surface area contributed by atoms with Gasteiger partial charge in [0.15, 0.2) is 0 Å². The van der Waals surface area contributed by atoms with E-state index in [1.54, 1.807) is 18.2 Å². The monoisotopic (exact) mass is 229 g/mol. The lowest BCUT2D eigenvalue weighted by molar-refractivity contribution is -0.139. The van der Waals surface area contributed by atoms with Crippen LogP contribution in [0, 0.1) is 6.92 Å². The molecule has 0 heterocycles. The minimum Gasteiger partial charge on any atom is -0.491 e. The van der Waals surface area contributed by atoms with E-state index in [0.717, 1.165) is 5.56 Å². The van der Waals surface area contributed by atoms with Gasteiger partial charge in [-0.15, -0.1) is 0 Å². The smallest absolute Gasteiger partial charge is 0.324 e. The van der Waals surface area contributed by atoms with Crippen molar-refractivity contribution in [2.24, 2.45) is 5.73 Å². The van der Waals surface area contributed by atoms with Crippen molar-refractivity contribution in [3.05, 3.63) is 28.8 Å². The number of carboxylic acids is 1. The van der Waals surface area contributed by atoms with E-state index in [-0.39, 0.29) is 6.61 Å². The highest BCUT2D eigenvalue weighted by Gasteiger charge is 2.12. The Bertz CT molecular complexity index is 368. The van der Waals surface area contributed by atoms with Gasteiger partial charge in [0, 0.05) is 5.02 Å². The first kappa shape index (κ1) is 11.8. The van der Waals surface area contributed by atoms with Gasteiger partial charge in [-0.05, 0) is 30.7 Å². The first-order valence-corrected chi connectivity index (χ1v) is 4.76. The number of halogens is 1. The van der Waals surface area contributed by atoms with Gasteiger partial charge in [0.1, 0.15) is 18.4 Å². The Balaban J connectivity index is 2.62. The number of ether oxygens (including phenoxy) is 1. The summed E-state index contributed by atoms with van der Waals surface area (Å²) in [7, 11) is 0. The summed E-state index contributed by atoms with van der Waals surface area (Å²) in [6.07, 6.45) is 0. The SMILES string of the molecule is Cc1cc(Cl)ccc1OC[C@H](N)C(=O)O. The molecule has 0 saturated heterocycles. The van der Waals surface area contributed by atoms with Crippen LogP contribution in [0.15, 0.2) is 18.2 Å². The Morgan fingerprint density at radius 1 is 1.67 bits per heavy atom. The van der Waals surface area contributed by atoms with Crippen LogP contribution >= 0.6 is 11.6 Å². The molecule has 0 fully saturated rings. The third kappa shape index (κ3) is 3.42. The molecule has 0 radical (unpaired) electrons. The third-order valence-corrected chi connectivity index (χ3v) is 2.11. The molecule has 0 bridgehead atoms. The Kier molecular flexibility index (Phi) is 3.94. The molecule has 1 aromatic rings. The van der Waals surface area contributed by atoms with Gasteiger partial charge in [0.25, 0.3) is 0 Å². The highest BCUT2D eigenvalue weighted by molar-refractivity contribution is 6.30. The molecule has 15 heavy (non-hydrogen) atoms. The topological polar surface area (TPSA) is 72.5 Å². The van der Waals surface area contributed by atoms with Gasteiger partial charge in [-0.2, -0.15) is 0 Å². The van der Waals surface area contributed by atoms with Crippen LogP contribution in [-0.2, 0) is 4.79 Å². The van der Waals surface area contributed by atoms with Gasteiger partial charge in [0.2, 0.25) is 0 Å². The number of carbonyl (C=O) groups is 1. The standard InChI is InChI=1S/C10H12ClNO3/c1-6-4-7(11)2-3-9(6)15-5-8(12)10(13)14/h2-4,8H,5,12H2,1H3,(H,13,14)/t8-/m0/s1. The molecule has 4 nitrogen and oxygen atoms in total. The van der Waals surface area contributed by atoms with E-state index < -0.39 is 12.0 Å². The van der Waals surface area contributed by atoms with Gasteiger partial charge in [-0.3, -0.25) is 4.79 Å². The predicted octanol–water partition coefficient (Wildman–Crippen LogP) is 1.44. The fraction of sp³-hybridized carbons (Fsp3) is 0.300. The lowest BCUT2D eigenvalue weighted by atomic mass is 10.2. The minimum atomic E-state index is -1.08. The van der Waals surface area contributed by atoms with Crippen LogP contribution in [-0.4, -0.2) is 23.7 Å². The van der Waals surface area contributed by atoms with E-state index in [1.165, 1.54) is 0 Å². The van der Waals surface area contributed by atoms with Crippen LogP contribution in [0.2, 0.25) is 5.02 Å². The van der Waals surface area contributed by atoms with Crippen molar-refractivity contribution in [1.29, 1.82) is 0 Å². The largest absolute Gasteiger partial charge is 0.491 e. The quantitative estimate of drug-likeness (QED) is 0.820. The summed E-state index contributed by atoms with van der Waals surface area (Å²) in [5.74, 6) is -0.488. The summed E-state index contributed by atoms with van der Waals surface area (Å²) in [5, 5.41) is 9.16. The zero-order valence-electron chi connectivity index (χ0n) is 8.24. The second kappa shape index (κ2) is 5.00. The minimum absolute atomic E-state index is 0.0577. The molecule has 3 N–H and O–H groups in total. The third-order valence-electron chi connectivity index (χ3n) is 1.87. The number of hydrogen-bond acceptors (Lipinski definition) is 3. The van der Waals surface area contributed by atoms with E-state index >= 15 is 0 Å². The maximum absolute atomic E-state index is 10.4. The number of aryl methyl sites for hydroxylation is 1. The first-order valence-electron chi connectivity index (χ1n) is 4.38. The molecular formula is C10H12ClNO3. The van der Waals surface area contributed by atoms with E-state index in [4.69, 9.17) is 27.2 Å². The number of rotatable bonds is 4. The van der Waals surface area contributed by atoms with Crippen molar-refractivity contribution in [2.75, 3.05) is 6.61 Å². The van der Waals surface area contributed by atoms with Crippen LogP contribution < -0.4 is 10.5 Å². The maximum atomic E-state index is 10.4. The van der Waals surface area contributed by atoms with Gasteiger partial charge in [0.05, 0.1) is 0 Å². The number of nitrogens with two attached hydrogens (primary N) is 1. The first-order chi connectivity index (χ1) is 7.00. The van der Waals surface area contributed by atoms with Crippen molar-refractivity contribution >= 4 is 17.6 Å². The average Bonchev–Trinajstić information content (AvgIpc) is 2.15. The van der Waals surface area contributed by atoms with Gasteiger partial charge in [-0.1, -0.05) is 11.6 Å². The van der Waals surface area contributed by atoms with Gasteiger partial charge < -0.3 is 15.6 Å². The van der Waals surface area contributed by atoms with Crippen LogP contribution in [0.3, 0.4) is 0 Å². The molecule has 82 valence electrons. The normalized spacial score (nSPS) is 12.2. The Morgan fingerprint density at radius 2 is 2.33 bits per heavy atom.